The van der Waals surface area contributed by atoms with Crippen LogP contribution in [0.5, 0.6) is 0 Å². The van der Waals surface area contributed by atoms with Gasteiger partial charge in [0.25, 0.3) is 5.91 Å². The lowest BCUT2D eigenvalue weighted by Crippen LogP contribution is -2.41. The van der Waals surface area contributed by atoms with Crippen LogP contribution < -0.4 is 4.72 Å². The number of hydrogen-bond acceptors (Lipinski definition) is 5. The Kier molecular flexibility index (Phi) is 6.43. The van der Waals surface area contributed by atoms with Gasteiger partial charge in [0.15, 0.2) is 6.29 Å². The third-order valence-electron chi connectivity index (χ3n) is 4.73. The summed E-state index contributed by atoms with van der Waals surface area (Å²) in [4.78, 5) is 14.7. The summed E-state index contributed by atoms with van der Waals surface area (Å²) in [6, 6.07) is 3.97. The Balaban J connectivity index is 1.72. The van der Waals surface area contributed by atoms with E-state index in [0.29, 0.717) is 26.3 Å². The molecule has 0 saturated carbocycles. The number of carbonyl (C=O) groups is 1. The van der Waals surface area contributed by atoms with Crippen molar-refractivity contribution in [2.75, 3.05) is 26.3 Å². The molecule has 2 aliphatic heterocycles. The first kappa shape index (κ1) is 20.5. The van der Waals surface area contributed by atoms with Crippen molar-refractivity contribution >= 4 is 27.5 Å². The molecule has 2 fully saturated rings. The summed E-state index contributed by atoms with van der Waals surface area (Å²) in [6.45, 7) is 5.83. The van der Waals surface area contributed by atoms with Crippen molar-refractivity contribution in [3.8, 4) is 0 Å². The Labute approximate surface area is 165 Å². The highest BCUT2D eigenvalue weighted by molar-refractivity contribution is 7.89. The van der Waals surface area contributed by atoms with E-state index in [1.54, 1.807) is 18.7 Å². The maximum atomic E-state index is 12.9. The first-order valence-electron chi connectivity index (χ1n) is 9.12. The Morgan fingerprint density at radius 2 is 1.85 bits per heavy atom. The maximum absolute atomic E-state index is 12.9. The fourth-order valence-electron chi connectivity index (χ4n) is 3.41. The molecule has 2 saturated heterocycles. The molecule has 2 aliphatic rings. The summed E-state index contributed by atoms with van der Waals surface area (Å²) in [6.07, 6.45) is 1.38. The molecule has 9 heteroatoms. The monoisotopic (exact) mass is 416 g/mol. The van der Waals surface area contributed by atoms with E-state index < -0.39 is 10.0 Å². The molecule has 0 unspecified atom stereocenters. The van der Waals surface area contributed by atoms with Crippen molar-refractivity contribution in [2.24, 2.45) is 5.92 Å². The zero-order chi connectivity index (χ0) is 19.6. The van der Waals surface area contributed by atoms with E-state index in [-0.39, 0.29) is 39.6 Å². The molecular formula is C18H25ClN2O5S. The van der Waals surface area contributed by atoms with Crippen LogP contribution in [0.3, 0.4) is 0 Å². The first-order valence-corrected chi connectivity index (χ1v) is 11.0. The average Bonchev–Trinajstić information content (AvgIpc) is 3.15. The quantitative estimate of drug-likeness (QED) is 0.795. The van der Waals surface area contributed by atoms with Gasteiger partial charge >= 0.3 is 0 Å². The Bertz CT molecular complexity index is 785. The Morgan fingerprint density at radius 1 is 1.22 bits per heavy atom. The van der Waals surface area contributed by atoms with Crippen molar-refractivity contribution in [3.05, 3.63) is 28.8 Å². The van der Waals surface area contributed by atoms with Crippen LogP contribution >= 0.6 is 11.6 Å². The van der Waals surface area contributed by atoms with Crippen molar-refractivity contribution in [1.29, 1.82) is 0 Å². The van der Waals surface area contributed by atoms with E-state index >= 15 is 0 Å². The van der Waals surface area contributed by atoms with Crippen molar-refractivity contribution in [1.82, 2.24) is 9.62 Å². The molecule has 3 rings (SSSR count). The van der Waals surface area contributed by atoms with Crippen LogP contribution in [0.4, 0.5) is 0 Å². The van der Waals surface area contributed by atoms with Crippen LogP contribution in [0.15, 0.2) is 23.1 Å². The zero-order valence-electron chi connectivity index (χ0n) is 15.5. The highest BCUT2D eigenvalue weighted by atomic mass is 35.5. The minimum atomic E-state index is -3.70. The number of benzene rings is 1. The molecule has 150 valence electrons. The molecular weight excluding hydrogens is 392 g/mol. The van der Waals surface area contributed by atoms with Gasteiger partial charge in [-0.2, -0.15) is 0 Å². The first-order chi connectivity index (χ1) is 12.8. The molecule has 1 N–H and O–H groups in total. The van der Waals surface area contributed by atoms with Gasteiger partial charge in [-0.05, 0) is 44.9 Å². The van der Waals surface area contributed by atoms with E-state index in [0.717, 1.165) is 12.8 Å². The largest absolute Gasteiger partial charge is 0.350 e. The molecule has 0 aliphatic carbocycles. The summed E-state index contributed by atoms with van der Waals surface area (Å²) >= 11 is 6.20. The number of piperidine rings is 1. The molecule has 0 aromatic heterocycles. The molecule has 1 aromatic rings. The van der Waals surface area contributed by atoms with Crippen LogP contribution in [0.25, 0.3) is 0 Å². The lowest BCUT2D eigenvalue weighted by atomic mass is 9.95. The van der Waals surface area contributed by atoms with Gasteiger partial charge in [-0.25, -0.2) is 13.1 Å². The molecule has 2 heterocycles. The summed E-state index contributed by atoms with van der Waals surface area (Å²) in [7, 11) is -3.70. The minimum Gasteiger partial charge on any atom is -0.350 e. The zero-order valence-corrected chi connectivity index (χ0v) is 17.1. The highest BCUT2D eigenvalue weighted by Gasteiger charge is 2.32. The van der Waals surface area contributed by atoms with Crippen LogP contribution in [0.2, 0.25) is 5.02 Å². The predicted molar refractivity (Wildman–Crippen MR) is 101 cm³/mol. The minimum absolute atomic E-state index is 0.0339. The SMILES string of the molecule is CC(C)NS(=O)(=O)c1ccc(Cl)c(C(=O)N2CCC(C3OCCO3)CC2)c1. The number of rotatable bonds is 5. The predicted octanol–water partition coefficient (Wildman–Crippen LogP) is 2.25. The van der Waals surface area contributed by atoms with Gasteiger partial charge in [0.1, 0.15) is 0 Å². The van der Waals surface area contributed by atoms with E-state index in [1.165, 1.54) is 18.2 Å². The summed E-state index contributed by atoms with van der Waals surface area (Å²) in [5.41, 5.74) is 0.204. The number of amides is 1. The summed E-state index contributed by atoms with van der Waals surface area (Å²) in [5.74, 6) is 0.0160. The Morgan fingerprint density at radius 3 is 2.44 bits per heavy atom. The third-order valence-corrected chi connectivity index (χ3v) is 6.71. The van der Waals surface area contributed by atoms with E-state index in [4.69, 9.17) is 21.1 Å². The van der Waals surface area contributed by atoms with Crippen molar-refractivity contribution < 1.29 is 22.7 Å². The standard InChI is InChI=1S/C18H25ClN2O5S/c1-12(2)20-27(23,24)14-3-4-16(19)15(11-14)17(22)21-7-5-13(6-8-21)18-25-9-10-26-18/h3-4,11-13,18,20H,5-10H2,1-2H3. The lowest BCUT2D eigenvalue weighted by molar-refractivity contribution is -0.0956. The number of nitrogens with one attached hydrogen (secondary N) is 1. The highest BCUT2D eigenvalue weighted by Crippen LogP contribution is 2.28. The molecule has 7 nitrogen and oxygen atoms in total. The number of sulfonamides is 1. The molecule has 27 heavy (non-hydrogen) atoms. The van der Waals surface area contributed by atoms with Crippen molar-refractivity contribution in [2.45, 2.75) is 43.9 Å². The number of carbonyl (C=O) groups excluding carboxylic acids is 1. The number of nitrogens with zero attached hydrogens (tertiary/aromatic N) is 1. The van der Waals surface area contributed by atoms with Gasteiger partial charge in [0, 0.05) is 25.0 Å². The average molecular weight is 417 g/mol. The summed E-state index contributed by atoms with van der Waals surface area (Å²) in [5, 5.41) is 0.244. The van der Waals surface area contributed by atoms with Gasteiger partial charge < -0.3 is 14.4 Å². The summed E-state index contributed by atoms with van der Waals surface area (Å²) < 4.78 is 38.4. The molecule has 1 amide bonds. The number of halogens is 1. The van der Waals surface area contributed by atoms with Crippen LogP contribution in [-0.4, -0.2) is 57.9 Å². The molecule has 1 aromatic carbocycles. The maximum Gasteiger partial charge on any atom is 0.255 e. The van der Waals surface area contributed by atoms with Gasteiger partial charge in [-0.15, -0.1) is 0 Å². The number of likely N-dealkylation sites (tertiary alicyclic amines) is 1. The molecule has 0 radical (unpaired) electrons. The van der Waals surface area contributed by atoms with E-state index in [9.17, 15) is 13.2 Å². The number of ether oxygens (including phenoxy) is 2. The normalized spacial score (nSPS) is 19.8. The van der Waals surface area contributed by atoms with Gasteiger partial charge in [0.2, 0.25) is 10.0 Å². The second-order valence-electron chi connectivity index (χ2n) is 7.16. The van der Waals surface area contributed by atoms with Gasteiger partial charge in [-0.1, -0.05) is 11.6 Å². The fourth-order valence-corrected chi connectivity index (χ4v) is 4.88. The third kappa shape index (κ3) is 4.81. The lowest BCUT2D eigenvalue weighted by Gasteiger charge is -2.34. The van der Waals surface area contributed by atoms with E-state index in [2.05, 4.69) is 4.72 Å². The molecule has 0 atom stereocenters. The molecule has 0 spiro atoms. The smallest absolute Gasteiger partial charge is 0.255 e. The van der Waals surface area contributed by atoms with Gasteiger partial charge in [-0.3, -0.25) is 4.79 Å². The molecule has 0 bridgehead atoms. The van der Waals surface area contributed by atoms with Gasteiger partial charge in [0.05, 0.1) is 28.7 Å². The van der Waals surface area contributed by atoms with Crippen LogP contribution in [0, 0.1) is 5.92 Å². The number of hydrogen-bond donors (Lipinski definition) is 1. The topological polar surface area (TPSA) is 84.9 Å². The second kappa shape index (κ2) is 8.45. The second-order valence-corrected chi connectivity index (χ2v) is 9.28. The van der Waals surface area contributed by atoms with Crippen molar-refractivity contribution in [3.63, 3.8) is 0 Å². The van der Waals surface area contributed by atoms with Crippen LogP contribution in [0.1, 0.15) is 37.0 Å². The van der Waals surface area contributed by atoms with E-state index in [1.807, 2.05) is 0 Å². The Hall–Kier alpha value is -1.19. The fraction of sp³-hybridized carbons (Fsp3) is 0.611. The van der Waals surface area contributed by atoms with Crippen LogP contribution in [-0.2, 0) is 19.5 Å².